The standard InChI is InChI=1S/C4H5NO3Si2/c9-7-5(8-10)4-2-1-3-6-4/h1,3-4H,2H2. The van der Waals surface area contributed by atoms with Crippen LogP contribution in [-0.4, -0.2) is 32.4 Å². The molecule has 0 fully saturated rings. The van der Waals surface area contributed by atoms with E-state index in [-0.39, 0.29) is 6.23 Å². The van der Waals surface area contributed by atoms with Gasteiger partial charge in [0.1, 0.15) is 0 Å². The molecule has 0 spiro atoms. The molecule has 0 saturated heterocycles. The number of rotatable bonds is 3. The van der Waals surface area contributed by atoms with E-state index in [2.05, 4.69) is 30.0 Å². The highest BCUT2D eigenvalue weighted by atomic mass is 28.2. The van der Waals surface area contributed by atoms with Gasteiger partial charge in [-0.2, -0.15) is 0 Å². The van der Waals surface area contributed by atoms with Gasteiger partial charge in [0.25, 0.3) is 21.0 Å². The Balaban J connectivity index is 2.31. The lowest BCUT2D eigenvalue weighted by atomic mass is 10.4. The van der Waals surface area contributed by atoms with E-state index in [1.54, 1.807) is 6.26 Å². The molecule has 0 aromatic carbocycles. The fourth-order valence-corrected chi connectivity index (χ4v) is 1.03. The Kier molecular flexibility index (Phi) is 3.09. The number of hydroxylamine groups is 2. The third kappa shape index (κ3) is 1.67. The molecule has 0 N–H and O–H groups in total. The SMILES string of the molecule is [Si]ON(O[Si])C1CC=CO1. The molecule has 52 valence electrons. The molecule has 4 nitrogen and oxygen atoms in total. The van der Waals surface area contributed by atoms with Crippen LogP contribution in [0.1, 0.15) is 6.42 Å². The Hall–Kier alpha value is -0.146. The summed E-state index contributed by atoms with van der Waals surface area (Å²) in [6, 6.07) is 0. The van der Waals surface area contributed by atoms with Gasteiger partial charge in [-0.1, -0.05) is 0 Å². The first-order chi connectivity index (χ1) is 4.88. The van der Waals surface area contributed by atoms with Crippen molar-refractivity contribution >= 4 is 21.0 Å². The third-order valence-electron chi connectivity index (χ3n) is 1.08. The zero-order valence-corrected chi connectivity index (χ0v) is 7.11. The fraction of sp³-hybridized carbons (Fsp3) is 0.500. The maximum absolute atomic E-state index is 5.03. The Morgan fingerprint density at radius 3 is 2.60 bits per heavy atom. The molecule has 1 aliphatic heterocycles. The molecular formula is C4H5NO3Si2. The van der Waals surface area contributed by atoms with Gasteiger partial charge in [0, 0.05) is 6.42 Å². The molecular weight excluding hydrogens is 166 g/mol. The van der Waals surface area contributed by atoms with E-state index in [0.29, 0.717) is 0 Å². The van der Waals surface area contributed by atoms with Crippen LogP contribution in [0.5, 0.6) is 0 Å². The average molecular weight is 171 g/mol. The van der Waals surface area contributed by atoms with Crippen LogP contribution >= 0.6 is 0 Å². The number of nitrogens with zero attached hydrogens (tertiary/aromatic N) is 1. The predicted molar refractivity (Wildman–Crippen MR) is 34.1 cm³/mol. The number of hydrogen-bond acceptors (Lipinski definition) is 4. The van der Waals surface area contributed by atoms with Crippen molar-refractivity contribution in [3.05, 3.63) is 12.3 Å². The van der Waals surface area contributed by atoms with Gasteiger partial charge in [0.2, 0.25) is 6.23 Å². The Bertz CT molecular complexity index is 120. The minimum Gasteiger partial charge on any atom is -0.478 e. The van der Waals surface area contributed by atoms with Crippen molar-refractivity contribution in [2.75, 3.05) is 0 Å². The van der Waals surface area contributed by atoms with Crippen LogP contribution < -0.4 is 0 Å². The molecule has 0 saturated carbocycles. The molecule has 1 atom stereocenters. The maximum atomic E-state index is 5.03. The Morgan fingerprint density at radius 2 is 2.20 bits per heavy atom. The molecule has 1 aliphatic rings. The largest absolute Gasteiger partial charge is 0.478 e. The molecule has 0 aromatic heterocycles. The molecule has 6 radical (unpaired) electrons. The number of ether oxygens (including phenoxy) is 1. The van der Waals surface area contributed by atoms with Crippen molar-refractivity contribution in [1.82, 2.24) is 5.23 Å². The van der Waals surface area contributed by atoms with E-state index in [0.717, 1.165) is 11.6 Å². The van der Waals surface area contributed by atoms with Crippen LogP contribution in [0.15, 0.2) is 12.3 Å². The van der Waals surface area contributed by atoms with Gasteiger partial charge in [0.15, 0.2) is 0 Å². The normalized spacial score (nSPS) is 23.7. The topological polar surface area (TPSA) is 30.9 Å². The molecule has 0 aromatic rings. The second-order valence-corrected chi connectivity index (χ2v) is 2.03. The van der Waals surface area contributed by atoms with Crippen LogP contribution in [0.2, 0.25) is 0 Å². The van der Waals surface area contributed by atoms with Crippen molar-refractivity contribution in [2.24, 2.45) is 0 Å². The predicted octanol–water partition coefficient (Wildman–Crippen LogP) is -0.421. The zero-order chi connectivity index (χ0) is 7.40. The number of hydrogen-bond donors (Lipinski definition) is 0. The summed E-state index contributed by atoms with van der Waals surface area (Å²) in [5.41, 5.74) is 0. The van der Waals surface area contributed by atoms with Gasteiger partial charge < -0.3 is 13.8 Å². The minimum absolute atomic E-state index is 0.227. The van der Waals surface area contributed by atoms with Gasteiger partial charge in [-0.3, -0.25) is 0 Å². The maximum Gasteiger partial charge on any atom is 0.284 e. The molecule has 10 heavy (non-hydrogen) atoms. The lowest BCUT2D eigenvalue weighted by Gasteiger charge is -2.22. The van der Waals surface area contributed by atoms with E-state index in [9.17, 15) is 0 Å². The lowest BCUT2D eigenvalue weighted by molar-refractivity contribution is -0.321. The van der Waals surface area contributed by atoms with Gasteiger partial charge >= 0.3 is 0 Å². The quantitative estimate of drug-likeness (QED) is 0.426. The van der Waals surface area contributed by atoms with Gasteiger partial charge in [0.05, 0.1) is 6.26 Å². The molecule has 1 heterocycles. The molecule has 0 bridgehead atoms. The van der Waals surface area contributed by atoms with Gasteiger partial charge in [-0.15, -0.1) is 0 Å². The lowest BCUT2D eigenvalue weighted by Crippen LogP contribution is -2.33. The van der Waals surface area contributed by atoms with Crippen molar-refractivity contribution in [3.8, 4) is 0 Å². The van der Waals surface area contributed by atoms with Gasteiger partial charge in [-0.05, 0) is 11.3 Å². The van der Waals surface area contributed by atoms with E-state index in [4.69, 9.17) is 4.74 Å². The van der Waals surface area contributed by atoms with Crippen LogP contribution in [0.3, 0.4) is 0 Å². The van der Waals surface area contributed by atoms with Crippen molar-refractivity contribution < 1.29 is 13.8 Å². The highest BCUT2D eigenvalue weighted by molar-refractivity contribution is 5.98. The highest BCUT2D eigenvalue weighted by Crippen LogP contribution is 2.12. The summed E-state index contributed by atoms with van der Waals surface area (Å²) in [6.45, 7) is 0. The Morgan fingerprint density at radius 1 is 1.50 bits per heavy atom. The minimum atomic E-state index is -0.227. The molecule has 0 aliphatic carbocycles. The van der Waals surface area contributed by atoms with Crippen LogP contribution in [0.25, 0.3) is 0 Å². The summed E-state index contributed by atoms with van der Waals surface area (Å²) >= 11 is 0. The van der Waals surface area contributed by atoms with E-state index >= 15 is 0 Å². The smallest absolute Gasteiger partial charge is 0.284 e. The van der Waals surface area contributed by atoms with E-state index in [1.165, 1.54) is 0 Å². The monoisotopic (exact) mass is 171 g/mol. The third-order valence-corrected chi connectivity index (χ3v) is 1.44. The summed E-state index contributed by atoms with van der Waals surface area (Å²) < 4.78 is 14.2. The first-order valence-electron chi connectivity index (χ1n) is 2.65. The van der Waals surface area contributed by atoms with Crippen molar-refractivity contribution in [2.45, 2.75) is 12.6 Å². The second-order valence-electron chi connectivity index (χ2n) is 1.67. The first-order valence-corrected chi connectivity index (χ1v) is 3.47. The summed E-state index contributed by atoms with van der Waals surface area (Å²) in [7, 11) is 5.59. The summed E-state index contributed by atoms with van der Waals surface area (Å²) in [5.74, 6) is 0. The fourth-order valence-electron chi connectivity index (χ4n) is 0.646. The van der Waals surface area contributed by atoms with Crippen molar-refractivity contribution in [1.29, 1.82) is 0 Å². The molecule has 6 heteroatoms. The summed E-state index contributed by atoms with van der Waals surface area (Å²) in [4.78, 5) is 0. The van der Waals surface area contributed by atoms with Crippen LogP contribution in [-0.2, 0) is 13.8 Å². The van der Waals surface area contributed by atoms with Crippen LogP contribution in [0, 0.1) is 0 Å². The van der Waals surface area contributed by atoms with E-state index in [1.807, 2.05) is 6.08 Å². The van der Waals surface area contributed by atoms with Crippen molar-refractivity contribution in [3.63, 3.8) is 0 Å². The first kappa shape index (κ1) is 7.96. The zero-order valence-electron chi connectivity index (χ0n) is 5.11. The Labute approximate surface area is 65.7 Å². The summed E-state index contributed by atoms with van der Waals surface area (Å²) in [6.07, 6.45) is 3.96. The summed E-state index contributed by atoms with van der Waals surface area (Å²) in [5, 5.41) is 1.13. The van der Waals surface area contributed by atoms with E-state index < -0.39 is 0 Å². The average Bonchev–Trinajstić information content (AvgIpc) is 2.43. The second kappa shape index (κ2) is 3.89. The molecule has 1 unspecified atom stereocenters. The molecule has 1 rings (SSSR count). The van der Waals surface area contributed by atoms with Gasteiger partial charge in [-0.25, -0.2) is 0 Å². The highest BCUT2D eigenvalue weighted by Gasteiger charge is 2.19. The molecule has 0 amide bonds. The van der Waals surface area contributed by atoms with Crippen LogP contribution in [0.4, 0.5) is 0 Å².